The molecule has 2 aliphatic heterocycles. The van der Waals surface area contributed by atoms with Gasteiger partial charge in [0.15, 0.2) is 0 Å². The van der Waals surface area contributed by atoms with Gasteiger partial charge in [-0.15, -0.1) is 0 Å². The highest BCUT2D eigenvalue weighted by Gasteiger charge is 2.40. The molecule has 0 amide bonds. The van der Waals surface area contributed by atoms with Crippen molar-refractivity contribution < 1.29 is 4.39 Å². The van der Waals surface area contributed by atoms with Crippen LogP contribution in [0, 0.1) is 12.7 Å². The lowest BCUT2D eigenvalue weighted by Crippen LogP contribution is -2.34. The van der Waals surface area contributed by atoms with E-state index in [1.807, 2.05) is 12.1 Å². The highest BCUT2D eigenvalue weighted by atomic mass is 19.1. The van der Waals surface area contributed by atoms with Gasteiger partial charge in [-0.25, -0.2) is 4.39 Å². The fraction of sp³-hybridized carbons (Fsp3) is 0.391. The van der Waals surface area contributed by atoms with Crippen molar-refractivity contribution in [3.63, 3.8) is 0 Å². The molecule has 0 radical (unpaired) electrons. The first-order valence-electron chi connectivity index (χ1n) is 9.70. The quantitative estimate of drug-likeness (QED) is 0.645. The molecule has 0 N–H and O–H groups in total. The van der Waals surface area contributed by atoms with E-state index in [-0.39, 0.29) is 5.82 Å². The second-order valence-electron chi connectivity index (χ2n) is 8.03. The van der Waals surface area contributed by atoms with E-state index in [0.717, 1.165) is 24.9 Å². The fourth-order valence-electron chi connectivity index (χ4n) is 5.16. The zero-order valence-corrected chi connectivity index (χ0v) is 15.5. The third-order valence-electron chi connectivity index (χ3n) is 6.49. The average molecular weight is 348 g/mol. The Labute approximate surface area is 154 Å². The van der Waals surface area contributed by atoms with Crippen LogP contribution in [0.25, 0.3) is 10.9 Å². The van der Waals surface area contributed by atoms with E-state index in [1.54, 1.807) is 11.6 Å². The molecule has 0 spiro atoms. The molecule has 1 fully saturated rings. The maximum absolute atomic E-state index is 13.5. The maximum Gasteiger partial charge on any atom is 0.123 e. The van der Waals surface area contributed by atoms with Crippen molar-refractivity contribution in [2.75, 3.05) is 7.05 Å². The topological polar surface area (TPSA) is 8.17 Å². The average Bonchev–Trinajstić information content (AvgIpc) is 3.03. The number of halogens is 1. The molecule has 134 valence electrons. The van der Waals surface area contributed by atoms with Crippen molar-refractivity contribution in [1.82, 2.24) is 9.47 Å². The number of rotatable bonds is 3. The zero-order chi connectivity index (χ0) is 17.8. The highest BCUT2D eigenvalue weighted by Crippen LogP contribution is 2.46. The summed E-state index contributed by atoms with van der Waals surface area (Å²) in [6.45, 7) is 3.10. The Morgan fingerprint density at radius 2 is 2.00 bits per heavy atom. The van der Waals surface area contributed by atoms with E-state index in [1.165, 1.54) is 41.1 Å². The molecule has 2 unspecified atom stereocenters. The molecule has 2 aromatic carbocycles. The van der Waals surface area contributed by atoms with E-state index in [2.05, 4.69) is 41.6 Å². The molecule has 2 aliphatic rings. The molecule has 3 heterocycles. The SMILES string of the molecule is Cc1ccc2c(c1)c1c(n2CCc2cccc(F)c2)CC2CCC1N2C. The molecular weight excluding hydrogens is 323 g/mol. The Morgan fingerprint density at radius 3 is 2.85 bits per heavy atom. The first-order chi connectivity index (χ1) is 12.6. The standard InChI is InChI=1S/C23H25FN2/c1-15-6-8-20-19(12-15)23-21-9-7-18(25(21)2)14-22(23)26(20)11-10-16-4-3-5-17(24)13-16/h3-6,8,12-13,18,21H,7,9-11,14H2,1-2H3. The van der Waals surface area contributed by atoms with E-state index in [9.17, 15) is 4.39 Å². The Balaban J connectivity index is 1.60. The number of likely N-dealkylation sites (N-methyl/N-ethyl adjacent to an activating group) is 1. The number of hydrogen-bond donors (Lipinski definition) is 0. The third-order valence-corrected chi connectivity index (χ3v) is 6.49. The molecule has 1 saturated heterocycles. The second-order valence-corrected chi connectivity index (χ2v) is 8.03. The minimum atomic E-state index is -0.141. The van der Waals surface area contributed by atoms with Gasteiger partial charge in [-0.1, -0.05) is 23.8 Å². The molecular formula is C23H25FN2. The van der Waals surface area contributed by atoms with E-state index in [0.29, 0.717) is 12.1 Å². The molecule has 2 atom stereocenters. The Hall–Kier alpha value is -2.13. The van der Waals surface area contributed by atoms with Crippen LogP contribution >= 0.6 is 0 Å². The normalized spacial score (nSPS) is 22.1. The van der Waals surface area contributed by atoms with Gasteiger partial charge in [-0.2, -0.15) is 0 Å². The number of nitrogens with zero attached hydrogens (tertiary/aromatic N) is 2. The van der Waals surface area contributed by atoms with Gasteiger partial charge in [-0.3, -0.25) is 4.90 Å². The van der Waals surface area contributed by atoms with E-state index in [4.69, 9.17) is 0 Å². The Kier molecular flexibility index (Phi) is 3.68. The van der Waals surface area contributed by atoms with Crippen LogP contribution < -0.4 is 0 Å². The molecule has 0 aliphatic carbocycles. The van der Waals surface area contributed by atoms with Crippen LogP contribution in [0.4, 0.5) is 4.39 Å². The smallest absolute Gasteiger partial charge is 0.123 e. The fourth-order valence-corrected chi connectivity index (χ4v) is 5.16. The first-order valence-corrected chi connectivity index (χ1v) is 9.70. The van der Waals surface area contributed by atoms with Gasteiger partial charge in [0.05, 0.1) is 0 Å². The minimum Gasteiger partial charge on any atom is -0.344 e. The predicted molar refractivity (Wildman–Crippen MR) is 104 cm³/mol. The summed E-state index contributed by atoms with van der Waals surface area (Å²) in [4.78, 5) is 2.58. The summed E-state index contributed by atoms with van der Waals surface area (Å²) >= 11 is 0. The summed E-state index contributed by atoms with van der Waals surface area (Å²) in [6, 6.07) is 15.1. The molecule has 0 saturated carbocycles. The summed E-state index contributed by atoms with van der Waals surface area (Å²) in [5.41, 5.74) is 6.82. The number of fused-ring (bicyclic) bond motifs is 6. The molecule has 2 bridgehead atoms. The van der Waals surface area contributed by atoms with Gasteiger partial charge in [0.25, 0.3) is 0 Å². The van der Waals surface area contributed by atoms with E-state index < -0.39 is 0 Å². The van der Waals surface area contributed by atoms with Gasteiger partial charge in [0.1, 0.15) is 5.82 Å². The predicted octanol–water partition coefficient (Wildman–Crippen LogP) is 5.02. The molecule has 1 aromatic heterocycles. The van der Waals surface area contributed by atoms with Gasteiger partial charge >= 0.3 is 0 Å². The van der Waals surface area contributed by atoms with Gasteiger partial charge in [0.2, 0.25) is 0 Å². The minimum absolute atomic E-state index is 0.141. The second kappa shape index (κ2) is 5.95. The van der Waals surface area contributed by atoms with Crippen molar-refractivity contribution in [2.24, 2.45) is 0 Å². The highest BCUT2D eigenvalue weighted by molar-refractivity contribution is 5.87. The number of aryl methyl sites for hydroxylation is 3. The largest absolute Gasteiger partial charge is 0.344 e. The zero-order valence-electron chi connectivity index (χ0n) is 15.5. The molecule has 3 aromatic rings. The van der Waals surface area contributed by atoms with Crippen LogP contribution in [0.15, 0.2) is 42.5 Å². The van der Waals surface area contributed by atoms with Crippen LogP contribution in [0.5, 0.6) is 0 Å². The Bertz CT molecular complexity index is 987. The first kappa shape index (κ1) is 16.1. The lowest BCUT2D eigenvalue weighted by atomic mass is 9.97. The van der Waals surface area contributed by atoms with Crippen molar-refractivity contribution in [2.45, 2.75) is 51.2 Å². The Morgan fingerprint density at radius 1 is 1.12 bits per heavy atom. The summed E-state index contributed by atoms with van der Waals surface area (Å²) in [6.07, 6.45) is 4.57. The lowest BCUT2D eigenvalue weighted by molar-refractivity contribution is 0.222. The van der Waals surface area contributed by atoms with Crippen LogP contribution in [0.1, 0.15) is 41.3 Å². The van der Waals surface area contributed by atoms with Crippen LogP contribution in [-0.4, -0.2) is 22.6 Å². The maximum atomic E-state index is 13.5. The summed E-state index contributed by atoms with van der Waals surface area (Å²) in [7, 11) is 2.29. The molecule has 5 rings (SSSR count). The summed E-state index contributed by atoms with van der Waals surface area (Å²) < 4.78 is 16.1. The van der Waals surface area contributed by atoms with Gasteiger partial charge in [-0.05, 0) is 68.6 Å². The van der Waals surface area contributed by atoms with Gasteiger partial charge in [0, 0.05) is 41.6 Å². The summed E-state index contributed by atoms with van der Waals surface area (Å²) in [5.74, 6) is -0.141. The number of aromatic nitrogens is 1. The number of benzene rings is 2. The van der Waals surface area contributed by atoms with Gasteiger partial charge < -0.3 is 4.57 Å². The van der Waals surface area contributed by atoms with Crippen LogP contribution in [0.3, 0.4) is 0 Å². The van der Waals surface area contributed by atoms with Crippen molar-refractivity contribution in [3.05, 3.63) is 70.7 Å². The molecule has 26 heavy (non-hydrogen) atoms. The van der Waals surface area contributed by atoms with Crippen molar-refractivity contribution in [3.8, 4) is 0 Å². The molecule has 2 nitrogen and oxygen atoms in total. The van der Waals surface area contributed by atoms with Crippen molar-refractivity contribution in [1.29, 1.82) is 0 Å². The lowest BCUT2D eigenvalue weighted by Gasteiger charge is -2.32. The molecule has 3 heteroatoms. The van der Waals surface area contributed by atoms with E-state index >= 15 is 0 Å². The van der Waals surface area contributed by atoms with Crippen LogP contribution in [-0.2, 0) is 19.4 Å². The number of hydrogen-bond acceptors (Lipinski definition) is 1. The van der Waals surface area contributed by atoms with Crippen LogP contribution in [0.2, 0.25) is 0 Å². The summed E-state index contributed by atoms with van der Waals surface area (Å²) in [5, 5.41) is 1.43. The third kappa shape index (κ3) is 2.41. The monoisotopic (exact) mass is 348 g/mol. The van der Waals surface area contributed by atoms with Crippen molar-refractivity contribution >= 4 is 10.9 Å².